The Morgan fingerprint density at radius 2 is 1.18 bits per heavy atom. The molecule has 10 aromatic carbocycles. The van der Waals surface area contributed by atoms with Gasteiger partial charge in [0.2, 0.25) is 5.69 Å². The average molecular weight is 882 g/mol. The summed E-state index contributed by atoms with van der Waals surface area (Å²) in [6.45, 7) is 9.32. The van der Waals surface area contributed by atoms with Crippen molar-refractivity contribution < 1.29 is 4.42 Å². The van der Waals surface area contributed by atoms with Crippen molar-refractivity contribution in [1.82, 2.24) is 14.1 Å². The van der Waals surface area contributed by atoms with Gasteiger partial charge in [0.05, 0.1) is 50.3 Å². The van der Waals surface area contributed by atoms with Crippen molar-refractivity contribution in [2.75, 3.05) is 0 Å². The van der Waals surface area contributed by atoms with E-state index in [0.717, 1.165) is 114 Å². The molecule has 0 atom stereocenters. The van der Waals surface area contributed by atoms with E-state index in [1.165, 1.54) is 10.1 Å². The number of thiophene rings is 1. The van der Waals surface area contributed by atoms with Crippen molar-refractivity contribution in [1.29, 1.82) is 5.26 Å². The summed E-state index contributed by atoms with van der Waals surface area (Å²) in [6.07, 6.45) is 3.83. The molecule has 0 bridgehead atoms. The monoisotopic (exact) mass is 881 g/mol. The maximum atomic E-state index is 12.0. The molecule has 5 heterocycles. The molecule has 0 amide bonds. The summed E-state index contributed by atoms with van der Waals surface area (Å²) >= 11 is 1.77. The molecule has 0 saturated heterocycles. The molecule has 0 aliphatic carbocycles. The minimum Gasteiger partial charge on any atom is -0.456 e. The van der Waals surface area contributed by atoms with Gasteiger partial charge in [0, 0.05) is 82.8 Å². The summed E-state index contributed by atoms with van der Waals surface area (Å²) < 4.78 is 13.6. The molecule has 0 saturated carbocycles. The number of aromatic nitrogens is 3. The van der Waals surface area contributed by atoms with E-state index in [0.29, 0.717) is 28.2 Å². The Hall–Kier alpha value is -9.27. The van der Waals surface area contributed by atoms with Gasteiger partial charge in [-0.2, -0.15) is 5.26 Å². The van der Waals surface area contributed by atoms with Gasteiger partial charge in [-0.3, -0.25) is 4.98 Å². The second kappa shape index (κ2) is 13.6. The Bertz CT molecular complexity index is 4660. The third-order valence-corrected chi connectivity index (χ3v) is 15.4. The molecule has 15 rings (SSSR count). The molecule has 15 aromatic rings. The van der Waals surface area contributed by atoms with E-state index in [2.05, 4.69) is 140 Å². The molecule has 0 radical (unpaired) electrons. The van der Waals surface area contributed by atoms with E-state index in [1.54, 1.807) is 11.3 Å². The van der Waals surface area contributed by atoms with Crippen molar-refractivity contribution in [3.63, 3.8) is 0 Å². The van der Waals surface area contributed by atoms with Crippen molar-refractivity contribution in [2.24, 2.45) is 0 Å². The molecule has 0 aliphatic rings. The second-order valence-electron chi connectivity index (χ2n) is 17.5. The van der Waals surface area contributed by atoms with Crippen LogP contribution in [0.3, 0.4) is 0 Å². The fourth-order valence-electron chi connectivity index (χ4n) is 11.5. The van der Waals surface area contributed by atoms with E-state index in [-0.39, 0.29) is 0 Å². The van der Waals surface area contributed by atoms with Crippen molar-refractivity contribution >= 4 is 124 Å². The number of benzene rings is 10. The summed E-state index contributed by atoms with van der Waals surface area (Å²) in [5.41, 5.74) is 10.7. The summed E-state index contributed by atoms with van der Waals surface area (Å²) in [4.78, 5) is 9.15. The van der Waals surface area contributed by atoms with Crippen LogP contribution in [0.5, 0.6) is 0 Å². The van der Waals surface area contributed by atoms with Gasteiger partial charge in [-0.1, -0.05) is 133 Å². The molecule has 5 aromatic heterocycles. The summed E-state index contributed by atoms with van der Waals surface area (Å²) in [5.74, 6) is 0. The third kappa shape index (κ3) is 4.74. The van der Waals surface area contributed by atoms with Crippen LogP contribution in [0.1, 0.15) is 5.56 Å². The number of nitriles is 1. The number of fused-ring (bicyclic) bond motifs is 13. The number of nitrogens with zero attached hydrogens (tertiary/aromatic N) is 5. The van der Waals surface area contributed by atoms with E-state index >= 15 is 0 Å². The zero-order valence-electron chi connectivity index (χ0n) is 36.0. The molecular formula is C61H31N5OS. The highest BCUT2D eigenvalue weighted by Crippen LogP contribution is 2.55. The molecule has 312 valence electrons. The van der Waals surface area contributed by atoms with Gasteiger partial charge in [0.15, 0.2) is 0 Å². The van der Waals surface area contributed by atoms with E-state index in [1.807, 2.05) is 73.1 Å². The number of furan rings is 1. The fraction of sp³-hybridized carbons (Fsp3) is 0. The molecule has 0 aliphatic heterocycles. The summed E-state index contributed by atoms with van der Waals surface area (Å²) in [6, 6.07) is 63.9. The maximum absolute atomic E-state index is 12.0. The van der Waals surface area contributed by atoms with Crippen LogP contribution in [-0.2, 0) is 0 Å². The molecular weight excluding hydrogens is 851 g/mol. The quantitative estimate of drug-likeness (QED) is 0.131. The normalized spacial score (nSPS) is 12.1. The Labute approximate surface area is 391 Å². The standard InChI is InChI=1S/C61H31N5OS/c1-63-57-53(34-14-4-2-5-15-34)45(32-62)58(54(35-16-6-3-7-17-35)60(57)65-47-22-12-20-39-36-28-29-64-33-46(36)40-21-13-23-48(65)56(40)55(39)47)66-49-31-51-44(37-18-8-10-24-50(37)67-51)30-43(49)41-26-27-42-38-19-9-11-25-52(38)68-61(42)59(41)66/h2-31,33H. The lowest BCUT2D eigenvalue weighted by atomic mass is 9.88. The Kier molecular flexibility index (Phi) is 7.42. The molecule has 6 nitrogen and oxygen atoms in total. The zero-order valence-corrected chi connectivity index (χ0v) is 36.8. The van der Waals surface area contributed by atoms with Crippen LogP contribution < -0.4 is 0 Å². The Balaban J connectivity index is 1.24. The number of hydrogen-bond donors (Lipinski definition) is 0. The SMILES string of the molecule is [C-]#[N+]c1c(-c2ccccc2)c(C#N)c(-n2c3cc4oc5ccccc5c4cc3c3ccc4c5ccccc5sc4c32)c(-c2ccccc2)c1-n1c2cccc3c4ccncc4c4cccc1c4c32. The van der Waals surface area contributed by atoms with Gasteiger partial charge in [-0.25, -0.2) is 4.85 Å². The fourth-order valence-corrected chi connectivity index (χ4v) is 12.7. The van der Waals surface area contributed by atoms with Gasteiger partial charge < -0.3 is 13.6 Å². The van der Waals surface area contributed by atoms with Crippen LogP contribution in [0, 0.1) is 17.9 Å². The molecule has 0 fully saturated rings. The lowest BCUT2D eigenvalue weighted by Gasteiger charge is -2.25. The third-order valence-electron chi connectivity index (χ3n) is 14.2. The van der Waals surface area contributed by atoms with Crippen LogP contribution in [0.25, 0.3) is 146 Å². The van der Waals surface area contributed by atoms with E-state index < -0.39 is 0 Å². The van der Waals surface area contributed by atoms with Crippen molar-refractivity contribution in [3.05, 3.63) is 205 Å². The summed E-state index contributed by atoms with van der Waals surface area (Å²) in [7, 11) is 0. The average Bonchev–Trinajstić information content (AvgIpc) is 4.15. The van der Waals surface area contributed by atoms with E-state index in [4.69, 9.17) is 4.42 Å². The summed E-state index contributed by atoms with van der Waals surface area (Å²) in [5, 5.41) is 25.2. The molecule has 0 spiro atoms. The van der Waals surface area contributed by atoms with Gasteiger partial charge in [0.25, 0.3) is 0 Å². The van der Waals surface area contributed by atoms with Crippen LogP contribution in [-0.4, -0.2) is 14.1 Å². The number of pyridine rings is 1. The first-order chi connectivity index (χ1) is 33.7. The Morgan fingerprint density at radius 1 is 0.515 bits per heavy atom. The van der Waals surface area contributed by atoms with Crippen LogP contribution in [0.4, 0.5) is 5.69 Å². The number of hydrogen-bond acceptors (Lipinski definition) is 4. The van der Waals surface area contributed by atoms with Gasteiger partial charge >= 0.3 is 0 Å². The van der Waals surface area contributed by atoms with Crippen LogP contribution in [0.2, 0.25) is 0 Å². The van der Waals surface area contributed by atoms with Crippen molar-refractivity contribution in [2.45, 2.75) is 0 Å². The lowest BCUT2D eigenvalue weighted by Crippen LogP contribution is -2.08. The zero-order chi connectivity index (χ0) is 44.8. The first-order valence-corrected chi connectivity index (χ1v) is 23.4. The van der Waals surface area contributed by atoms with Crippen LogP contribution in [0.15, 0.2) is 193 Å². The highest BCUT2D eigenvalue weighted by Gasteiger charge is 2.33. The minimum absolute atomic E-state index is 0.399. The number of rotatable bonds is 4. The molecule has 0 unspecified atom stereocenters. The van der Waals surface area contributed by atoms with E-state index in [9.17, 15) is 11.8 Å². The highest BCUT2D eigenvalue weighted by molar-refractivity contribution is 7.26. The minimum atomic E-state index is 0.399. The predicted molar refractivity (Wildman–Crippen MR) is 281 cm³/mol. The predicted octanol–water partition coefficient (Wildman–Crippen LogP) is 17.0. The Morgan fingerprint density at radius 3 is 1.93 bits per heavy atom. The maximum Gasteiger partial charge on any atom is 0.220 e. The molecule has 68 heavy (non-hydrogen) atoms. The van der Waals surface area contributed by atoms with Gasteiger partial charge in [-0.15, -0.1) is 11.3 Å². The molecule has 0 N–H and O–H groups in total. The first-order valence-electron chi connectivity index (χ1n) is 22.5. The van der Waals surface area contributed by atoms with Gasteiger partial charge in [0.1, 0.15) is 17.2 Å². The smallest absolute Gasteiger partial charge is 0.220 e. The topological polar surface area (TPSA) is 64.0 Å². The highest BCUT2D eigenvalue weighted by atomic mass is 32.1. The lowest BCUT2D eigenvalue weighted by molar-refractivity contribution is 0.669. The molecule has 7 heteroatoms. The van der Waals surface area contributed by atoms with Crippen molar-refractivity contribution in [3.8, 4) is 39.7 Å². The number of para-hydroxylation sites is 1. The first kappa shape index (κ1) is 37.0. The second-order valence-corrected chi connectivity index (χ2v) is 18.6. The largest absolute Gasteiger partial charge is 0.456 e. The van der Waals surface area contributed by atoms with Crippen LogP contribution >= 0.6 is 11.3 Å². The van der Waals surface area contributed by atoms with Gasteiger partial charge in [-0.05, 0) is 63.7 Å².